The number of methoxy groups -OCH3 is 1. The maximum atomic E-state index is 11.6. The molecule has 1 aliphatic rings. The lowest BCUT2D eigenvalue weighted by atomic mass is 10.0. The third-order valence-corrected chi connectivity index (χ3v) is 4.35. The number of anilines is 1. The van der Waals surface area contributed by atoms with E-state index in [0.29, 0.717) is 16.6 Å². The van der Waals surface area contributed by atoms with E-state index in [2.05, 4.69) is 15.0 Å². The van der Waals surface area contributed by atoms with Crippen molar-refractivity contribution in [3.05, 3.63) is 10.6 Å². The predicted octanol–water partition coefficient (Wildman–Crippen LogP) is 2.11. The van der Waals surface area contributed by atoms with Gasteiger partial charge >= 0.3 is 5.97 Å². The Labute approximate surface area is 121 Å². The Kier molecular flexibility index (Phi) is 4.39. The molecule has 20 heavy (non-hydrogen) atoms. The van der Waals surface area contributed by atoms with Crippen LogP contribution in [0.5, 0.6) is 0 Å². The van der Waals surface area contributed by atoms with Gasteiger partial charge in [-0.25, -0.2) is 9.78 Å². The first-order valence-corrected chi connectivity index (χ1v) is 7.25. The van der Waals surface area contributed by atoms with Gasteiger partial charge in [0.2, 0.25) is 0 Å². The van der Waals surface area contributed by atoms with Crippen LogP contribution in [-0.2, 0) is 9.47 Å². The monoisotopic (exact) mass is 298 g/mol. The number of ether oxygens (including phenoxy) is 2. The van der Waals surface area contributed by atoms with Crippen molar-refractivity contribution in [2.75, 3.05) is 25.6 Å². The molecule has 110 valence electrons. The van der Waals surface area contributed by atoms with Crippen LogP contribution in [0, 0.1) is 0 Å². The number of carbonyl (C=O) groups excluding carboxylic acids is 2. The molecule has 0 radical (unpaired) electrons. The van der Waals surface area contributed by atoms with E-state index >= 15 is 0 Å². The summed E-state index contributed by atoms with van der Waals surface area (Å²) in [6.45, 7) is 4.81. The maximum Gasteiger partial charge on any atom is 0.358 e. The standard InChI is InChI=1S/C13H18N2O4S/c1-8(16)10-9(11(17)18-3)15-12(20-10)14-7-13(2)5-4-6-19-13/h4-7H2,1-3H3,(H,14,15). The Balaban J connectivity index is 2.12. The van der Waals surface area contributed by atoms with E-state index in [4.69, 9.17) is 4.74 Å². The molecule has 1 aromatic heterocycles. The number of carbonyl (C=O) groups is 2. The molecule has 0 spiro atoms. The molecule has 7 heteroatoms. The summed E-state index contributed by atoms with van der Waals surface area (Å²) in [5, 5.41) is 3.68. The van der Waals surface area contributed by atoms with E-state index in [1.54, 1.807) is 0 Å². The SMILES string of the molecule is COC(=O)c1nc(NCC2(C)CCCO2)sc1C(C)=O. The molecule has 2 heterocycles. The summed E-state index contributed by atoms with van der Waals surface area (Å²) in [4.78, 5) is 27.6. The zero-order valence-electron chi connectivity index (χ0n) is 11.8. The van der Waals surface area contributed by atoms with E-state index in [9.17, 15) is 9.59 Å². The number of hydrogen-bond acceptors (Lipinski definition) is 7. The minimum absolute atomic E-state index is 0.0741. The molecule has 6 nitrogen and oxygen atoms in total. The summed E-state index contributed by atoms with van der Waals surface area (Å²) in [5.41, 5.74) is -0.141. The quantitative estimate of drug-likeness (QED) is 0.662. The fourth-order valence-electron chi connectivity index (χ4n) is 2.11. The molecule has 1 saturated heterocycles. The third-order valence-electron chi connectivity index (χ3n) is 3.24. The lowest BCUT2D eigenvalue weighted by Crippen LogP contribution is -2.32. The number of thiazole rings is 1. The highest BCUT2D eigenvalue weighted by Gasteiger charge is 2.30. The van der Waals surface area contributed by atoms with E-state index in [1.165, 1.54) is 25.4 Å². The van der Waals surface area contributed by atoms with Crippen LogP contribution in [0.1, 0.15) is 46.8 Å². The Morgan fingerprint density at radius 2 is 2.30 bits per heavy atom. The minimum atomic E-state index is -0.595. The highest BCUT2D eigenvalue weighted by atomic mass is 32.1. The van der Waals surface area contributed by atoms with Crippen LogP contribution in [0.25, 0.3) is 0 Å². The number of esters is 1. The number of ketones is 1. The summed E-state index contributed by atoms with van der Waals surface area (Å²) < 4.78 is 10.3. The van der Waals surface area contributed by atoms with Crippen LogP contribution in [0.3, 0.4) is 0 Å². The van der Waals surface area contributed by atoms with Gasteiger partial charge in [0, 0.05) is 20.1 Å². The molecule has 1 fully saturated rings. The molecule has 0 bridgehead atoms. The number of nitrogens with one attached hydrogen (secondary N) is 1. The van der Waals surface area contributed by atoms with Crippen LogP contribution in [0.2, 0.25) is 0 Å². The lowest BCUT2D eigenvalue weighted by Gasteiger charge is -2.22. The summed E-state index contributed by atoms with van der Waals surface area (Å²) in [6.07, 6.45) is 2.02. The molecular weight excluding hydrogens is 280 g/mol. The van der Waals surface area contributed by atoms with Crippen molar-refractivity contribution in [1.29, 1.82) is 0 Å². The van der Waals surface area contributed by atoms with Crippen LogP contribution < -0.4 is 5.32 Å². The van der Waals surface area contributed by atoms with E-state index in [-0.39, 0.29) is 17.1 Å². The van der Waals surface area contributed by atoms with Gasteiger partial charge in [-0.1, -0.05) is 11.3 Å². The highest BCUT2D eigenvalue weighted by Crippen LogP contribution is 2.28. The summed E-state index contributed by atoms with van der Waals surface area (Å²) in [7, 11) is 1.27. The molecule has 0 aliphatic carbocycles. The Morgan fingerprint density at radius 3 is 2.85 bits per heavy atom. The normalized spacial score (nSPS) is 21.8. The average molecular weight is 298 g/mol. The second kappa shape index (κ2) is 5.88. The smallest absolute Gasteiger partial charge is 0.358 e. The molecule has 1 aliphatic heterocycles. The lowest BCUT2D eigenvalue weighted by molar-refractivity contribution is 0.0315. The second-order valence-corrected chi connectivity index (χ2v) is 6.00. The first-order chi connectivity index (χ1) is 9.45. The number of Topliss-reactive ketones (excluding diaryl/α,β-unsaturated/α-hetero) is 1. The summed E-state index contributed by atoms with van der Waals surface area (Å²) >= 11 is 1.17. The highest BCUT2D eigenvalue weighted by molar-refractivity contribution is 7.17. The molecule has 1 atom stereocenters. The molecular formula is C13H18N2O4S. The van der Waals surface area contributed by atoms with Gasteiger partial charge in [0.25, 0.3) is 0 Å². The van der Waals surface area contributed by atoms with Crippen molar-refractivity contribution in [1.82, 2.24) is 4.98 Å². The van der Waals surface area contributed by atoms with Gasteiger partial charge < -0.3 is 14.8 Å². The molecule has 1 unspecified atom stereocenters. The first kappa shape index (κ1) is 14.9. The van der Waals surface area contributed by atoms with Crippen molar-refractivity contribution < 1.29 is 19.1 Å². The van der Waals surface area contributed by atoms with E-state index < -0.39 is 5.97 Å². The van der Waals surface area contributed by atoms with Crippen molar-refractivity contribution in [2.45, 2.75) is 32.3 Å². The van der Waals surface area contributed by atoms with E-state index in [0.717, 1.165) is 19.4 Å². The van der Waals surface area contributed by atoms with Crippen LogP contribution in [-0.4, -0.2) is 42.6 Å². The number of rotatable bonds is 5. The number of aromatic nitrogens is 1. The number of nitrogens with zero attached hydrogens (tertiary/aromatic N) is 1. The van der Waals surface area contributed by atoms with Crippen LogP contribution in [0.15, 0.2) is 0 Å². The van der Waals surface area contributed by atoms with Crippen molar-refractivity contribution in [2.24, 2.45) is 0 Å². The molecule has 0 aromatic carbocycles. The van der Waals surface area contributed by atoms with Gasteiger partial charge in [-0.15, -0.1) is 0 Å². The predicted molar refractivity (Wildman–Crippen MR) is 75.5 cm³/mol. The summed E-state index contributed by atoms with van der Waals surface area (Å²) in [5.74, 6) is -0.790. The second-order valence-electron chi connectivity index (χ2n) is 5.00. The number of hydrogen-bond donors (Lipinski definition) is 1. The van der Waals surface area contributed by atoms with Gasteiger partial charge in [0.15, 0.2) is 16.6 Å². The van der Waals surface area contributed by atoms with Crippen LogP contribution >= 0.6 is 11.3 Å². The molecule has 2 rings (SSSR count). The van der Waals surface area contributed by atoms with Crippen molar-refractivity contribution >= 4 is 28.2 Å². The zero-order chi connectivity index (χ0) is 14.8. The Hall–Kier alpha value is -1.47. The van der Waals surface area contributed by atoms with Gasteiger partial charge in [0.05, 0.1) is 12.7 Å². The van der Waals surface area contributed by atoms with Crippen LogP contribution in [0.4, 0.5) is 5.13 Å². The van der Waals surface area contributed by atoms with E-state index in [1.807, 2.05) is 6.92 Å². The zero-order valence-corrected chi connectivity index (χ0v) is 12.6. The maximum absolute atomic E-state index is 11.6. The van der Waals surface area contributed by atoms with Crippen molar-refractivity contribution in [3.63, 3.8) is 0 Å². The van der Waals surface area contributed by atoms with Gasteiger partial charge in [-0.3, -0.25) is 4.79 Å². The fraction of sp³-hybridized carbons (Fsp3) is 0.615. The molecule has 0 saturated carbocycles. The fourth-order valence-corrected chi connectivity index (χ4v) is 2.95. The average Bonchev–Trinajstić information content (AvgIpc) is 3.02. The largest absolute Gasteiger partial charge is 0.464 e. The van der Waals surface area contributed by atoms with Gasteiger partial charge in [0.1, 0.15) is 4.88 Å². The van der Waals surface area contributed by atoms with Crippen molar-refractivity contribution in [3.8, 4) is 0 Å². The minimum Gasteiger partial charge on any atom is -0.464 e. The third kappa shape index (κ3) is 3.16. The topological polar surface area (TPSA) is 77.5 Å². The summed E-state index contributed by atoms with van der Waals surface area (Å²) in [6, 6.07) is 0. The molecule has 0 amide bonds. The molecule has 1 N–H and O–H groups in total. The molecule has 1 aromatic rings. The Bertz CT molecular complexity index is 520. The van der Waals surface area contributed by atoms with Gasteiger partial charge in [-0.2, -0.15) is 0 Å². The first-order valence-electron chi connectivity index (χ1n) is 6.43. The van der Waals surface area contributed by atoms with Gasteiger partial charge in [-0.05, 0) is 19.8 Å². The Morgan fingerprint density at radius 1 is 1.55 bits per heavy atom.